The van der Waals surface area contributed by atoms with Gasteiger partial charge in [0.1, 0.15) is 5.82 Å². The van der Waals surface area contributed by atoms with Crippen molar-refractivity contribution in [1.82, 2.24) is 19.5 Å². The van der Waals surface area contributed by atoms with Gasteiger partial charge in [-0.25, -0.2) is 21.1 Å². The third-order valence-corrected chi connectivity index (χ3v) is 5.83. The molecule has 6 aromatic rings. The van der Waals surface area contributed by atoms with Gasteiger partial charge >= 0.3 is 21.1 Å². The molecule has 172 valence electrons. The molecule has 0 aliphatic rings. The van der Waals surface area contributed by atoms with Gasteiger partial charge in [0.15, 0.2) is 0 Å². The van der Waals surface area contributed by atoms with E-state index in [4.69, 9.17) is 4.74 Å². The number of benzene rings is 2. The third-order valence-electron chi connectivity index (χ3n) is 5.83. The standard InChI is InChI=1S/C29H20N4O.Pt/c1-2-20-12-14-31-28(15-20)33-26-8-4-3-7-24(26)25-11-10-21(17-27(25)33)22-16-23(19-30-18-22)34-29-9-5-6-13-32-29;/h3-15,18-19H,2H2,1H3;/q-2;+2. The Hall–Kier alpha value is -3.82. The number of hydrogen-bond donors (Lipinski definition) is 0. The van der Waals surface area contributed by atoms with Crippen molar-refractivity contribution in [2.45, 2.75) is 13.3 Å². The molecular weight excluding hydrogens is 615 g/mol. The summed E-state index contributed by atoms with van der Waals surface area (Å²) in [5.41, 5.74) is 4.97. The number of aromatic nitrogens is 4. The van der Waals surface area contributed by atoms with Crippen molar-refractivity contribution >= 4 is 21.8 Å². The van der Waals surface area contributed by atoms with Crippen LogP contribution < -0.4 is 4.74 Å². The molecule has 6 rings (SSSR count). The molecule has 0 unspecified atom stereocenters. The summed E-state index contributed by atoms with van der Waals surface area (Å²) in [6.07, 6.45) is 7.91. The number of pyridine rings is 3. The van der Waals surface area contributed by atoms with Gasteiger partial charge in [0.2, 0.25) is 5.88 Å². The molecule has 0 bridgehead atoms. The smallest absolute Gasteiger partial charge is 0.458 e. The van der Waals surface area contributed by atoms with Crippen molar-refractivity contribution in [3.8, 4) is 28.6 Å². The number of nitrogens with zero attached hydrogens (tertiary/aromatic N) is 4. The molecule has 0 radical (unpaired) electrons. The summed E-state index contributed by atoms with van der Waals surface area (Å²) >= 11 is 0. The normalized spacial score (nSPS) is 10.9. The monoisotopic (exact) mass is 635 g/mol. The van der Waals surface area contributed by atoms with Crippen LogP contribution in [0.25, 0.3) is 38.8 Å². The Bertz CT molecular complexity index is 1630. The number of aryl methyl sites for hydroxylation is 1. The minimum absolute atomic E-state index is 0. The summed E-state index contributed by atoms with van der Waals surface area (Å²) in [6, 6.07) is 29.2. The number of hydrogen-bond acceptors (Lipinski definition) is 4. The van der Waals surface area contributed by atoms with Crippen molar-refractivity contribution < 1.29 is 25.8 Å². The quantitative estimate of drug-likeness (QED) is 0.201. The Morgan fingerprint density at radius 3 is 2.57 bits per heavy atom. The summed E-state index contributed by atoms with van der Waals surface area (Å²) < 4.78 is 8.01. The van der Waals surface area contributed by atoms with Gasteiger partial charge in [-0.15, -0.1) is 12.1 Å². The molecule has 0 amide bonds. The van der Waals surface area contributed by atoms with E-state index in [1.54, 1.807) is 24.7 Å². The van der Waals surface area contributed by atoms with Gasteiger partial charge in [-0.3, -0.25) is 0 Å². The molecule has 0 N–H and O–H groups in total. The maximum absolute atomic E-state index is 5.84. The zero-order valence-corrected chi connectivity index (χ0v) is 21.2. The molecule has 4 heterocycles. The van der Waals surface area contributed by atoms with E-state index in [9.17, 15) is 0 Å². The molecule has 0 atom stereocenters. The number of fused-ring (bicyclic) bond motifs is 3. The van der Waals surface area contributed by atoms with Gasteiger partial charge in [0.05, 0.1) is 5.75 Å². The molecule has 4 aromatic heterocycles. The van der Waals surface area contributed by atoms with Crippen LogP contribution in [0.5, 0.6) is 11.6 Å². The van der Waals surface area contributed by atoms with Gasteiger partial charge < -0.3 is 14.3 Å². The van der Waals surface area contributed by atoms with Crippen molar-refractivity contribution in [3.05, 3.63) is 109 Å². The Labute approximate surface area is 217 Å². The molecule has 35 heavy (non-hydrogen) atoms. The first kappa shape index (κ1) is 22.9. The van der Waals surface area contributed by atoms with Crippen molar-refractivity contribution in [1.29, 1.82) is 0 Å². The maximum Gasteiger partial charge on any atom is 2.00 e. The minimum atomic E-state index is 0. The van der Waals surface area contributed by atoms with Crippen LogP contribution in [-0.2, 0) is 27.5 Å². The Kier molecular flexibility index (Phi) is 6.43. The first-order chi connectivity index (χ1) is 16.8. The Morgan fingerprint density at radius 2 is 1.71 bits per heavy atom. The molecule has 0 aliphatic carbocycles. The van der Waals surface area contributed by atoms with E-state index in [1.165, 1.54) is 10.9 Å². The van der Waals surface area contributed by atoms with Crippen LogP contribution in [0.2, 0.25) is 0 Å². The van der Waals surface area contributed by atoms with E-state index in [1.807, 2.05) is 24.4 Å². The minimum Gasteiger partial charge on any atom is -0.458 e. The number of rotatable bonds is 5. The second kappa shape index (κ2) is 9.81. The molecule has 0 spiro atoms. The first-order valence-electron chi connectivity index (χ1n) is 11.2. The molecule has 5 nitrogen and oxygen atoms in total. The SMILES string of the molecule is CCc1ccnc(-n2c3[c-]c(-c4[c-]c(Oc5ccccn5)cnc4)ccc3c3ccccc32)c1.[Pt+2]. The zero-order chi connectivity index (χ0) is 22.9. The Morgan fingerprint density at radius 1 is 0.829 bits per heavy atom. The van der Waals surface area contributed by atoms with Gasteiger partial charge in [0, 0.05) is 24.0 Å². The van der Waals surface area contributed by atoms with Crippen LogP contribution in [0.1, 0.15) is 12.5 Å². The summed E-state index contributed by atoms with van der Waals surface area (Å²) in [5.74, 6) is 1.88. The van der Waals surface area contributed by atoms with Crippen molar-refractivity contribution in [2.24, 2.45) is 0 Å². The molecule has 6 heteroatoms. The van der Waals surface area contributed by atoms with Crippen molar-refractivity contribution in [3.63, 3.8) is 0 Å². The first-order valence-corrected chi connectivity index (χ1v) is 11.2. The zero-order valence-electron chi connectivity index (χ0n) is 18.9. The van der Waals surface area contributed by atoms with E-state index in [-0.39, 0.29) is 21.1 Å². The molecule has 0 aliphatic heterocycles. The van der Waals surface area contributed by atoms with Crippen LogP contribution in [-0.4, -0.2) is 19.5 Å². The Balaban J connectivity index is 0.00000253. The number of para-hydroxylation sites is 1. The van der Waals surface area contributed by atoms with Crippen LogP contribution in [0.3, 0.4) is 0 Å². The fourth-order valence-electron chi connectivity index (χ4n) is 4.18. The van der Waals surface area contributed by atoms with Crippen LogP contribution >= 0.6 is 0 Å². The largest absolute Gasteiger partial charge is 2.00 e. The van der Waals surface area contributed by atoms with Crippen LogP contribution in [0.15, 0.2) is 91.5 Å². The topological polar surface area (TPSA) is 52.8 Å². The van der Waals surface area contributed by atoms with Gasteiger partial charge in [-0.2, -0.15) is 12.1 Å². The summed E-state index contributed by atoms with van der Waals surface area (Å²) in [7, 11) is 0. The molecule has 2 aromatic carbocycles. The predicted molar refractivity (Wildman–Crippen MR) is 133 cm³/mol. The number of ether oxygens (including phenoxy) is 1. The second-order valence-corrected chi connectivity index (χ2v) is 7.94. The van der Waals surface area contributed by atoms with E-state index < -0.39 is 0 Å². The van der Waals surface area contributed by atoms with E-state index in [0.29, 0.717) is 11.6 Å². The van der Waals surface area contributed by atoms with E-state index in [0.717, 1.165) is 39.8 Å². The fraction of sp³-hybridized carbons (Fsp3) is 0.0690. The van der Waals surface area contributed by atoms with Gasteiger partial charge in [0.25, 0.3) is 0 Å². The average molecular weight is 636 g/mol. The maximum atomic E-state index is 5.84. The van der Waals surface area contributed by atoms with Crippen molar-refractivity contribution in [2.75, 3.05) is 0 Å². The van der Waals surface area contributed by atoms with Gasteiger partial charge in [-0.05, 0) is 53.3 Å². The van der Waals surface area contributed by atoms with Crippen LogP contribution in [0.4, 0.5) is 0 Å². The molecule has 0 saturated carbocycles. The average Bonchev–Trinajstić information content (AvgIpc) is 3.23. The van der Waals surface area contributed by atoms with Crippen LogP contribution in [0, 0.1) is 12.1 Å². The molecule has 0 saturated heterocycles. The second-order valence-electron chi connectivity index (χ2n) is 7.94. The summed E-state index contributed by atoms with van der Waals surface area (Å²) in [4.78, 5) is 13.3. The summed E-state index contributed by atoms with van der Waals surface area (Å²) in [6.45, 7) is 2.15. The fourth-order valence-corrected chi connectivity index (χ4v) is 4.18. The predicted octanol–water partition coefficient (Wildman–Crippen LogP) is 6.59. The molecular formula is C29H20N4OPt. The van der Waals surface area contributed by atoms with E-state index >= 15 is 0 Å². The third kappa shape index (κ3) is 4.35. The van der Waals surface area contributed by atoms with Gasteiger partial charge in [-0.1, -0.05) is 42.8 Å². The molecule has 0 fully saturated rings. The van der Waals surface area contributed by atoms with E-state index in [2.05, 4.69) is 81.0 Å². The summed E-state index contributed by atoms with van der Waals surface area (Å²) in [5, 5.41) is 2.29.